The number of carbonyl (C=O) groups excluding carboxylic acids is 1. The minimum absolute atomic E-state index is 0.298. The normalized spacial score (nSPS) is 11.6. The molecule has 1 aromatic carbocycles. The Morgan fingerprint density at radius 1 is 1.24 bits per heavy atom. The maximum Gasteiger partial charge on any atom is 0.389 e. The second-order valence-electron chi connectivity index (χ2n) is 3.26. The van der Waals surface area contributed by atoms with E-state index in [0.717, 1.165) is 6.07 Å². The highest BCUT2D eigenvalue weighted by Crippen LogP contribution is 2.27. The Kier molecular flexibility index (Phi) is 4.24. The van der Waals surface area contributed by atoms with Crippen molar-refractivity contribution in [2.45, 2.75) is 19.0 Å². The van der Waals surface area contributed by atoms with Crippen LogP contribution in [0.2, 0.25) is 0 Å². The molecule has 0 saturated carbocycles. The summed E-state index contributed by atoms with van der Waals surface area (Å²) in [6.07, 6.45) is -6.55. The second kappa shape index (κ2) is 5.12. The van der Waals surface area contributed by atoms with Gasteiger partial charge in [0.15, 0.2) is 17.4 Å². The van der Waals surface area contributed by atoms with Crippen LogP contribution < -0.4 is 0 Å². The Balaban J connectivity index is 2.87. The topological polar surface area (TPSA) is 17.1 Å². The molecule has 0 aliphatic carbocycles. The standard InChI is InChI=1S/C10H6BrF5O/c11-8-5(1-2-6(12)9(8)13)7(17)3-4-10(14,15)16/h1-2H,3-4H2. The van der Waals surface area contributed by atoms with Gasteiger partial charge in [0.25, 0.3) is 0 Å². The van der Waals surface area contributed by atoms with Crippen LogP contribution in [0, 0.1) is 11.6 Å². The van der Waals surface area contributed by atoms with Gasteiger partial charge in [0, 0.05) is 12.0 Å². The first kappa shape index (κ1) is 14.1. The molecule has 1 aromatic rings. The van der Waals surface area contributed by atoms with Gasteiger partial charge in [-0.25, -0.2) is 8.78 Å². The monoisotopic (exact) mass is 316 g/mol. The van der Waals surface area contributed by atoms with E-state index in [-0.39, 0.29) is 5.56 Å². The molecule has 1 rings (SSSR count). The minimum Gasteiger partial charge on any atom is -0.294 e. The van der Waals surface area contributed by atoms with E-state index in [4.69, 9.17) is 0 Å². The number of rotatable bonds is 3. The molecule has 94 valence electrons. The van der Waals surface area contributed by atoms with Crippen molar-refractivity contribution < 1.29 is 26.7 Å². The molecule has 0 heterocycles. The van der Waals surface area contributed by atoms with Gasteiger partial charge in [-0.05, 0) is 28.1 Å². The zero-order chi connectivity index (χ0) is 13.2. The predicted molar refractivity (Wildman–Crippen MR) is 53.7 cm³/mol. The third-order valence-corrected chi connectivity index (χ3v) is 2.75. The fourth-order valence-corrected chi connectivity index (χ4v) is 1.67. The molecule has 0 fully saturated rings. The van der Waals surface area contributed by atoms with E-state index in [1.54, 1.807) is 0 Å². The quantitative estimate of drug-likeness (QED) is 0.463. The van der Waals surface area contributed by atoms with E-state index in [1.165, 1.54) is 0 Å². The third-order valence-electron chi connectivity index (χ3n) is 1.97. The van der Waals surface area contributed by atoms with Crippen LogP contribution >= 0.6 is 15.9 Å². The molecule has 0 radical (unpaired) electrons. The Labute approximate surface area is 102 Å². The fraction of sp³-hybridized carbons (Fsp3) is 0.300. The molecule has 0 aliphatic heterocycles. The van der Waals surface area contributed by atoms with Crippen molar-refractivity contribution >= 4 is 21.7 Å². The second-order valence-corrected chi connectivity index (χ2v) is 4.05. The lowest BCUT2D eigenvalue weighted by Crippen LogP contribution is -2.11. The van der Waals surface area contributed by atoms with Gasteiger partial charge in [0.2, 0.25) is 0 Å². The van der Waals surface area contributed by atoms with Gasteiger partial charge in [0.05, 0.1) is 10.9 Å². The van der Waals surface area contributed by atoms with E-state index in [0.29, 0.717) is 6.07 Å². The number of hydrogen-bond donors (Lipinski definition) is 0. The minimum atomic E-state index is -4.46. The summed E-state index contributed by atoms with van der Waals surface area (Å²) < 4.78 is 60.9. The van der Waals surface area contributed by atoms with Crippen LogP contribution in [0.5, 0.6) is 0 Å². The number of alkyl halides is 3. The van der Waals surface area contributed by atoms with Crippen LogP contribution in [0.25, 0.3) is 0 Å². The van der Waals surface area contributed by atoms with Crippen LogP contribution in [0.15, 0.2) is 16.6 Å². The number of ketones is 1. The number of halogens is 6. The molecular formula is C10H6BrF5O. The molecule has 7 heteroatoms. The zero-order valence-electron chi connectivity index (χ0n) is 8.24. The molecule has 0 amide bonds. The van der Waals surface area contributed by atoms with Gasteiger partial charge in [-0.2, -0.15) is 13.2 Å². The molecule has 0 bridgehead atoms. The number of carbonyl (C=O) groups is 1. The van der Waals surface area contributed by atoms with Crippen LogP contribution in [0.3, 0.4) is 0 Å². The van der Waals surface area contributed by atoms with Gasteiger partial charge in [-0.15, -0.1) is 0 Å². The van der Waals surface area contributed by atoms with Crippen molar-refractivity contribution in [2.75, 3.05) is 0 Å². The van der Waals surface area contributed by atoms with Gasteiger partial charge in [0.1, 0.15) is 0 Å². The average molecular weight is 317 g/mol. The number of Topliss-reactive ketones (excluding diaryl/α,β-unsaturated/α-hetero) is 1. The van der Waals surface area contributed by atoms with Crippen LogP contribution in [-0.2, 0) is 0 Å². The zero-order valence-corrected chi connectivity index (χ0v) is 9.83. The summed E-state index contributed by atoms with van der Waals surface area (Å²) in [5.41, 5.74) is -0.298. The van der Waals surface area contributed by atoms with E-state index in [9.17, 15) is 26.7 Å². The SMILES string of the molecule is O=C(CCC(F)(F)F)c1ccc(F)c(F)c1Br. The van der Waals surface area contributed by atoms with Crippen molar-refractivity contribution in [3.05, 3.63) is 33.8 Å². The van der Waals surface area contributed by atoms with Gasteiger partial charge >= 0.3 is 6.18 Å². The van der Waals surface area contributed by atoms with Crippen molar-refractivity contribution in [1.29, 1.82) is 0 Å². The Morgan fingerprint density at radius 3 is 2.35 bits per heavy atom. The van der Waals surface area contributed by atoms with Crippen molar-refractivity contribution in [1.82, 2.24) is 0 Å². The fourth-order valence-electron chi connectivity index (χ4n) is 1.13. The lowest BCUT2D eigenvalue weighted by molar-refractivity contribution is -0.133. The van der Waals surface area contributed by atoms with Crippen molar-refractivity contribution in [3.63, 3.8) is 0 Å². The van der Waals surface area contributed by atoms with Crippen molar-refractivity contribution in [2.24, 2.45) is 0 Å². The smallest absolute Gasteiger partial charge is 0.294 e. The molecule has 0 unspecified atom stereocenters. The lowest BCUT2D eigenvalue weighted by atomic mass is 10.1. The van der Waals surface area contributed by atoms with Crippen LogP contribution in [-0.4, -0.2) is 12.0 Å². The lowest BCUT2D eigenvalue weighted by Gasteiger charge is -2.07. The first-order valence-corrected chi connectivity index (χ1v) is 5.25. The summed E-state index contributed by atoms with van der Waals surface area (Å²) >= 11 is 2.63. The molecule has 0 atom stereocenters. The first-order valence-electron chi connectivity index (χ1n) is 4.46. The predicted octanol–water partition coefficient (Wildman–Crippen LogP) is 4.25. The summed E-state index contributed by atoms with van der Waals surface area (Å²) in [6.45, 7) is 0. The maximum atomic E-state index is 13.0. The molecule has 0 aromatic heterocycles. The third kappa shape index (κ3) is 3.76. The highest BCUT2D eigenvalue weighted by Gasteiger charge is 2.29. The highest BCUT2D eigenvalue weighted by atomic mass is 79.9. The summed E-state index contributed by atoms with van der Waals surface area (Å²) in [4.78, 5) is 11.4. The summed E-state index contributed by atoms with van der Waals surface area (Å²) in [7, 11) is 0. The molecule has 0 spiro atoms. The van der Waals surface area contributed by atoms with E-state index in [1.807, 2.05) is 0 Å². The molecular weight excluding hydrogens is 311 g/mol. The largest absolute Gasteiger partial charge is 0.389 e. The number of hydrogen-bond acceptors (Lipinski definition) is 1. The number of benzene rings is 1. The molecule has 0 saturated heterocycles. The highest BCUT2D eigenvalue weighted by molar-refractivity contribution is 9.10. The molecule has 17 heavy (non-hydrogen) atoms. The van der Waals surface area contributed by atoms with E-state index in [2.05, 4.69) is 15.9 Å². The van der Waals surface area contributed by atoms with E-state index >= 15 is 0 Å². The van der Waals surface area contributed by atoms with Gasteiger partial charge in [-0.1, -0.05) is 0 Å². The van der Waals surface area contributed by atoms with Crippen LogP contribution in [0.1, 0.15) is 23.2 Å². The van der Waals surface area contributed by atoms with E-state index < -0.39 is 40.9 Å². The van der Waals surface area contributed by atoms with Gasteiger partial charge < -0.3 is 0 Å². The Morgan fingerprint density at radius 2 is 1.82 bits per heavy atom. The van der Waals surface area contributed by atoms with Gasteiger partial charge in [-0.3, -0.25) is 4.79 Å². The summed E-state index contributed by atoms with van der Waals surface area (Å²) in [5, 5.41) is 0. The summed E-state index contributed by atoms with van der Waals surface area (Å²) in [6, 6.07) is 1.64. The van der Waals surface area contributed by atoms with Crippen molar-refractivity contribution in [3.8, 4) is 0 Å². The first-order chi connectivity index (χ1) is 7.72. The maximum absolute atomic E-state index is 13.0. The molecule has 1 nitrogen and oxygen atoms in total. The average Bonchev–Trinajstić information content (AvgIpc) is 2.22. The van der Waals surface area contributed by atoms with Crippen LogP contribution in [0.4, 0.5) is 22.0 Å². The molecule has 0 N–H and O–H groups in total. The summed E-state index contributed by atoms with van der Waals surface area (Å²) in [5.74, 6) is -3.36. The Bertz CT molecular complexity index is 441. The molecule has 0 aliphatic rings. The Hall–Kier alpha value is -0.980.